The summed E-state index contributed by atoms with van der Waals surface area (Å²) in [5, 5.41) is 0. The third-order valence-electron chi connectivity index (χ3n) is 2.54. The van der Waals surface area contributed by atoms with Crippen molar-refractivity contribution < 1.29 is 18.3 Å². The normalized spacial score (nSPS) is 10.3. The van der Waals surface area contributed by atoms with Gasteiger partial charge in [-0.15, -0.1) is 0 Å². The van der Waals surface area contributed by atoms with E-state index >= 15 is 0 Å². The second-order valence-electron chi connectivity index (χ2n) is 3.80. The van der Waals surface area contributed by atoms with Crippen LogP contribution >= 0.6 is 15.9 Å². The molecule has 0 atom stereocenters. The highest BCUT2D eigenvalue weighted by atomic mass is 79.9. The van der Waals surface area contributed by atoms with Crippen LogP contribution < -0.4 is 9.47 Å². The molecular formula is C14H11BrF2O2. The molecule has 2 aromatic rings. The molecule has 0 saturated carbocycles. The smallest absolute Gasteiger partial charge is 0.171 e. The van der Waals surface area contributed by atoms with E-state index in [0.717, 1.165) is 0 Å². The van der Waals surface area contributed by atoms with E-state index in [0.29, 0.717) is 10.0 Å². The second kappa shape index (κ2) is 6.02. The number of methoxy groups -OCH3 is 1. The highest BCUT2D eigenvalue weighted by Gasteiger charge is 2.10. The summed E-state index contributed by atoms with van der Waals surface area (Å²) in [6.07, 6.45) is 0. The molecule has 0 aliphatic carbocycles. The average Bonchev–Trinajstić information content (AvgIpc) is 2.41. The molecule has 2 aromatic carbocycles. The first-order chi connectivity index (χ1) is 9.11. The topological polar surface area (TPSA) is 18.5 Å². The molecule has 0 N–H and O–H groups in total. The Morgan fingerprint density at radius 2 is 1.89 bits per heavy atom. The van der Waals surface area contributed by atoms with Gasteiger partial charge in [-0.2, -0.15) is 0 Å². The molecule has 100 valence electrons. The molecule has 0 unspecified atom stereocenters. The summed E-state index contributed by atoms with van der Waals surface area (Å²) in [7, 11) is 1.39. The van der Waals surface area contributed by atoms with Crippen LogP contribution in [0.2, 0.25) is 0 Å². The SMILES string of the molecule is COc1cccc(COc2cc(Br)ccc2F)c1F. The molecule has 0 amide bonds. The van der Waals surface area contributed by atoms with Gasteiger partial charge in [0.25, 0.3) is 0 Å². The van der Waals surface area contributed by atoms with Crippen molar-refractivity contribution in [3.05, 3.63) is 58.1 Å². The van der Waals surface area contributed by atoms with Crippen molar-refractivity contribution in [3.63, 3.8) is 0 Å². The van der Waals surface area contributed by atoms with Crippen LogP contribution in [0.25, 0.3) is 0 Å². The van der Waals surface area contributed by atoms with Crippen LogP contribution in [-0.4, -0.2) is 7.11 Å². The number of halogens is 3. The predicted molar refractivity (Wildman–Crippen MR) is 71.4 cm³/mol. The van der Waals surface area contributed by atoms with Crippen LogP contribution in [0.5, 0.6) is 11.5 Å². The molecule has 0 aliphatic heterocycles. The average molecular weight is 329 g/mol. The first-order valence-electron chi connectivity index (χ1n) is 5.51. The van der Waals surface area contributed by atoms with E-state index in [1.165, 1.54) is 25.3 Å². The number of hydrogen-bond donors (Lipinski definition) is 0. The maximum Gasteiger partial charge on any atom is 0.171 e. The number of ether oxygens (including phenoxy) is 2. The Hall–Kier alpha value is -1.62. The third-order valence-corrected chi connectivity index (χ3v) is 3.03. The van der Waals surface area contributed by atoms with E-state index in [1.54, 1.807) is 18.2 Å². The molecule has 0 fully saturated rings. The summed E-state index contributed by atoms with van der Waals surface area (Å²) >= 11 is 3.22. The van der Waals surface area contributed by atoms with Crippen molar-refractivity contribution in [2.75, 3.05) is 7.11 Å². The zero-order valence-electron chi connectivity index (χ0n) is 10.1. The van der Waals surface area contributed by atoms with Gasteiger partial charge in [-0.3, -0.25) is 0 Å². The molecule has 2 rings (SSSR count). The van der Waals surface area contributed by atoms with Crippen LogP contribution in [0.4, 0.5) is 8.78 Å². The molecule has 19 heavy (non-hydrogen) atoms. The van der Waals surface area contributed by atoms with Crippen molar-refractivity contribution in [1.29, 1.82) is 0 Å². The van der Waals surface area contributed by atoms with Crippen molar-refractivity contribution >= 4 is 15.9 Å². The Morgan fingerprint density at radius 3 is 2.63 bits per heavy atom. The summed E-state index contributed by atoms with van der Waals surface area (Å²) in [6, 6.07) is 9.06. The van der Waals surface area contributed by atoms with Crippen molar-refractivity contribution in [3.8, 4) is 11.5 Å². The molecule has 0 aromatic heterocycles. The lowest BCUT2D eigenvalue weighted by molar-refractivity contribution is 0.281. The summed E-state index contributed by atoms with van der Waals surface area (Å²) in [4.78, 5) is 0. The highest BCUT2D eigenvalue weighted by Crippen LogP contribution is 2.25. The van der Waals surface area contributed by atoms with Gasteiger partial charge in [0.15, 0.2) is 23.1 Å². The molecule has 0 radical (unpaired) electrons. The fourth-order valence-electron chi connectivity index (χ4n) is 1.57. The summed E-state index contributed by atoms with van der Waals surface area (Å²) < 4.78 is 38.1. The molecule has 0 aliphatic rings. The van der Waals surface area contributed by atoms with Crippen LogP contribution in [0.3, 0.4) is 0 Å². The van der Waals surface area contributed by atoms with E-state index in [-0.39, 0.29) is 18.1 Å². The van der Waals surface area contributed by atoms with Gasteiger partial charge in [0.1, 0.15) is 6.61 Å². The molecule has 2 nitrogen and oxygen atoms in total. The maximum atomic E-state index is 13.8. The van der Waals surface area contributed by atoms with Gasteiger partial charge >= 0.3 is 0 Å². The summed E-state index contributed by atoms with van der Waals surface area (Å²) in [5.41, 5.74) is 0.304. The lowest BCUT2D eigenvalue weighted by atomic mass is 10.2. The Balaban J connectivity index is 2.17. The molecule has 0 spiro atoms. The van der Waals surface area contributed by atoms with Gasteiger partial charge in [-0.1, -0.05) is 28.1 Å². The number of hydrogen-bond acceptors (Lipinski definition) is 2. The first kappa shape index (κ1) is 13.8. The zero-order chi connectivity index (χ0) is 13.8. The fourth-order valence-corrected chi connectivity index (χ4v) is 1.91. The summed E-state index contributed by atoms with van der Waals surface area (Å²) in [6.45, 7) is -0.0730. The van der Waals surface area contributed by atoms with Gasteiger partial charge in [0.05, 0.1) is 7.11 Å². The van der Waals surface area contributed by atoms with Crippen molar-refractivity contribution in [2.45, 2.75) is 6.61 Å². The van der Waals surface area contributed by atoms with E-state index < -0.39 is 11.6 Å². The van der Waals surface area contributed by atoms with Gasteiger partial charge in [-0.25, -0.2) is 8.78 Å². The van der Waals surface area contributed by atoms with Gasteiger partial charge in [-0.05, 0) is 24.3 Å². The minimum atomic E-state index is -0.500. The van der Waals surface area contributed by atoms with E-state index in [1.807, 2.05) is 0 Å². The van der Waals surface area contributed by atoms with Crippen molar-refractivity contribution in [1.82, 2.24) is 0 Å². The van der Waals surface area contributed by atoms with Crippen LogP contribution in [0.1, 0.15) is 5.56 Å². The largest absolute Gasteiger partial charge is 0.494 e. The van der Waals surface area contributed by atoms with Gasteiger partial charge in [0, 0.05) is 10.0 Å². The lowest BCUT2D eigenvalue weighted by Crippen LogP contribution is -2.01. The highest BCUT2D eigenvalue weighted by molar-refractivity contribution is 9.10. The van der Waals surface area contributed by atoms with E-state index in [9.17, 15) is 8.78 Å². The van der Waals surface area contributed by atoms with Crippen LogP contribution in [0, 0.1) is 11.6 Å². The predicted octanol–water partition coefficient (Wildman–Crippen LogP) is 4.31. The Kier molecular flexibility index (Phi) is 4.37. The quantitative estimate of drug-likeness (QED) is 0.832. The van der Waals surface area contributed by atoms with Crippen LogP contribution in [0.15, 0.2) is 40.9 Å². The standard InChI is InChI=1S/C14H11BrF2O2/c1-18-12-4-2-3-9(14(12)17)8-19-13-7-10(15)5-6-11(13)16/h2-7H,8H2,1H3. The second-order valence-corrected chi connectivity index (χ2v) is 4.71. The minimum Gasteiger partial charge on any atom is -0.494 e. The minimum absolute atomic E-state index is 0.0663. The van der Waals surface area contributed by atoms with Crippen molar-refractivity contribution in [2.24, 2.45) is 0 Å². The molecular weight excluding hydrogens is 318 g/mol. The number of benzene rings is 2. The maximum absolute atomic E-state index is 13.8. The number of rotatable bonds is 4. The van der Waals surface area contributed by atoms with Crippen LogP contribution in [-0.2, 0) is 6.61 Å². The monoisotopic (exact) mass is 328 g/mol. The lowest BCUT2D eigenvalue weighted by Gasteiger charge is -2.10. The van der Waals surface area contributed by atoms with E-state index in [2.05, 4.69) is 15.9 Å². The third kappa shape index (κ3) is 3.23. The molecule has 0 heterocycles. The Labute approximate surface area is 118 Å². The summed E-state index contributed by atoms with van der Waals surface area (Å²) in [5.74, 6) is -0.792. The van der Waals surface area contributed by atoms with Gasteiger partial charge < -0.3 is 9.47 Å². The Morgan fingerprint density at radius 1 is 1.11 bits per heavy atom. The molecule has 0 bridgehead atoms. The molecule has 0 saturated heterocycles. The Bertz CT molecular complexity index is 588. The van der Waals surface area contributed by atoms with Gasteiger partial charge in [0.2, 0.25) is 0 Å². The van der Waals surface area contributed by atoms with E-state index in [4.69, 9.17) is 9.47 Å². The molecule has 5 heteroatoms. The zero-order valence-corrected chi connectivity index (χ0v) is 11.7. The first-order valence-corrected chi connectivity index (χ1v) is 6.30. The fraction of sp³-hybridized carbons (Fsp3) is 0.143.